The van der Waals surface area contributed by atoms with Gasteiger partial charge < -0.3 is 19.9 Å². The molecule has 2 aliphatic rings. The van der Waals surface area contributed by atoms with E-state index in [1.54, 1.807) is 0 Å². The van der Waals surface area contributed by atoms with E-state index in [9.17, 15) is 4.79 Å². The lowest BCUT2D eigenvalue weighted by molar-refractivity contribution is -0.135. The second kappa shape index (κ2) is 7.38. The van der Waals surface area contributed by atoms with Gasteiger partial charge in [-0.2, -0.15) is 0 Å². The molecule has 3 unspecified atom stereocenters. The van der Waals surface area contributed by atoms with Crippen LogP contribution >= 0.6 is 0 Å². The van der Waals surface area contributed by atoms with Crippen LogP contribution in [-0.2, 0) is 9.53 Å². The number of likely N-dealkylation sites (N-methyl/N-ethyl adjacent to an activating group) is 2. The van der Waals surface area contributed by atoms with E-state index >= 15 is 0 Å². The van der Waals surface area contributed by atoms with Crippen molar-refractivity contribution < 1.29 is 9.53 Å². The molecule has 2 aliphatic heterocycles. The molecule has 2 heterocycles. The van der Waals surface area contributed by atoms with Crippen molar-refractivity contribution in [3.8, 4) is 0 Å². The minimum atomic E-state index is -0.0155. The molecule has 116 valence electrons. The van der Waals surface area contributed by atoms with Crippen molar-refractivity contribution in [2.45, 2.75) is 38.3 Å². The third kappa shape index (κ3) is 3.71. The molecule has 0 aromatic carbocycles. The van der Waals surface area contributed by atoms with E-state index < -0.39 is 0 Å². The Bertz CT molecular complexity index is 324. The third-order valence-corrected chi connectivity index (χ3v) is 4.59. The Morgan fingerprint density at radius 1 is 1.45 bits per heavy atom. The molecule has 0 aromatic heterocycles. The van der Waals surface area contributed by atoms with Crippen LogP contribution in [0.25, 0.3) is 0 Å². The van der Waals surface area contributed by atoms with Crippen LogP contribution in [0.5, 0.6) is 0 Å². The molecule has 1 amide bonds. The van der Waals surface area contributed by atoms with Crippen molar-refractivity contribution in [3.63, 3.8) is 0 Å². The summed E-state index contributed by atoms with van der Waals surface area (Å²) in [5, 5.41) is 3.44. The van der Waals surface area contributed by atoms with Crippen LogP contribution in [0.2, 0.25) is 0 Å². The number of carbonyl (C=O) groups excluding carboxylic acids is 1. The van der Waals surface area contributed by atoms with Gasteiger partial charge in [-0.3, -0.25) is 4.79 Å². The van der Waals surface area contributed by atoms with Crippen LogP contribution in [0.1, 0.15) is 26.2 Å². The summed E-state index contributed by atoms with van der Waals surface area (Å²) < 4.78 is 5.51. The molecule has 5 nitrogen and oxygen atoms in total. The highest BCUT2D eigenvalue weighted by Crippen LogP contribution is 2.19. The fourth-order valence-corrected chi connectivity index (χ4v) is 3.23. The van der Waals surface area contributed by atoms with Gasteiger partial charge in [-0.15, -0.1) is 0 Å². The van der Waals surface area contributed by atoms with E-state index in [1.807, 2.05) is 11.9 Å². The van der Waals surface area contributed by atoms with Gasteiger partial charge in [0.25, 0.3) is 0 Å². The Kier molecular flexibility index (Phi) is 5.81. The summed E-state index contributed by atoms with van der Waals surface area (Å²) in [4.78, 5) is 16.9. The van der Waals surface area contributed by atoms with Gasteiger partial charge in [0.2, 0.25) is 5.91 Å². The number of hydrogen-bond donors (Lipinski definition) is 1. The molecule has 2 saturated heterocycles. The van der Waals surface area contributed by atoms with Crippen LogP contribution < -0.4 is 5.32 Å². The normalized spacial score (nSPS) is 30.9. The molecule has 3 atom stereocenters. The van der Waals surface area contributed by atoms with Gasteiger partial charge in [-0.1, -0.05) is 6.92 Å². The minimum Gasteiger partial charge on any atom is -0.379 e. The summed E-state index contributed by atoms with van der Waals surface area (Å²) in [7, 11) is 4.09. The van der Waals surface area contributed by atoms with Crippen molar-refractivity contribution >= 4 is 5.91 Å². The number of hydrogen-bond acceptors (Lipinski definition) is 4. The van der Waals surface area contributed by atoms with Gasteiger partial charge in [-0.05, 0) is 39.4 Å². The third-order valence-electron chi connectivity index (χ3n) is 4.59. The zero-order valence-electron chi connectivity index (χ0n) is 13.1. The number of likely N-dealkylation sites (tertiary alicyclic amines) is 1. The maximum Gasteiger partial charge on any atom is 0.229 e. The molecule has 5 heteroatoms. The number of carbonyl (C=O) groups is 1. The summed E-state index contributed by atoms with van der Waals surface area (Å²) in [6.07, 6.45) is 3.53. The second-order valence-corrected chi connectivity index (χ2v) is 6.20. The SMILES string of the molecule is CCCNC1COCC1C(=O)N(C)CC1CCCN1C. The van der Waals surface area contributed by atoms with E-state index in [0.29, 0.717) is 19.3 Å². The Morgan fingerprint density at radius 2 is 2.25 bits per heavy atom. The van der Waals surface area contributed by atoms with Crippen molar-refractivity contribution in [1.29, 1.82) is 0 Å². The molecule has 20 heavy (non-hydrogen) atoms. The Labute approximate surface area is 122 Å². The zero-order valence-corrected chi connectivity index (χ0v) is 13.1. The first kappa shape index (κ1) is 15.7. The number of nitrogens with one attached hydrogen (secondary N) is 1. The van der Waals surface area contributed by atoms with Gasteiger partial charge >= 0.3 is 0 Å². The smallest absolute Gasteiger partial charge is 0.229 e. The second-order valence-electron chi connectivity index (χ2n) is 6.20. The molecule has 0 saturated carbocycles. The van der Waals surface area contributed by atoms with Crippen LogP contribution in [0.4, 0.5) is 0 Å². The molecule has 0 spiro atoms. The van der Waals surface area contributed by atoms with Crippen LogP contribution in [0.3, 0.4) is 0 Å². The zero-order chi connectivity index (χ0) is 14.5. The molecule has 0 aromatic rings. The van der Waals surface area contributed by atoms with E-state index in [-0.39, 0.29) is 17.9 Å². The van der Waals surface area contributed by atoms with Gasteiger partial charge in [-0.25, -0.2) is 0 Å². The summed E-state index contributed by atoms with van der Waals surface area (Å²) in [6.45, 7) is 6.31. The van der Waals surface area contributed by atoms with E-state index in [0.717, 1.165) is 26.1 Å². The highest BCUT2D eigenvalue weighted by atomic mass is 16.5. The highest BCUT2D eigenvalue weighted by molar-refractivity contribution is 5.79. The Morgan fingerprint density at radius 3 is 2.90 bits per heavy atom. The van der Waals surface area contributed by atoms with Crippen LogP contribution in [0.15, 0.2) is 0 Å². The van der Waals surface area contributed by atoms with Gasteiger partial charge in [0.15, 0.2) is 0 Å². The lowest BCUT2D eigenvalue weighted by Gasteiger charge is -2.29. The fourth-order valence-electron chi connectivity index (χ4n) is 3.23. The molecule has 2 rings (SSSR count). The summed E-state index contributed by atoms with van der Waals surface area (Å²) in [6, 6.07) is 0.708. The maximum absolute atomic E-state index is 12.6. The van der Waals surface area contributed by atoms with Gasteiger partial charge in [0.05, 0.1) is 19.1 Å². The van der Waals surface area contributed by atoms with Crippen molar-refractivity contribution in [1.82, 2.24) is 15.1 Å². The Hall–Kier alpha value is -0.650. The topological polar surface area (TPSA) is 44.8 Å². The lowest BCUT2D eigenvalue weighted by atomic mass is 10.0. The maximum atomic E-state index is 12.6. The standard InChI is InChI=1S/C15H29N3O2/c1-4-7-16-14-11-20-10-13(14)15(19)18(3)9-12-6-5-8-17(12)2/h12-14,16H,4-11H2,1-3H3. The number of ether oxygens (including phenoxy) is 1. The van der Waals surface area contributed by atoms with Crippen LogP contribution in [-0.4, -0.2) is 74.7 Å². The van der Waals surface area contributed by atoms with Gasteiger partial charge in [0.1, 0.15) is 0 Å². The first-order valence-electron chi connectivity index (χ1n) is 7.89. The average molecular weight is 283 g/mol. The summed E-state index contributed by atoms with van der Waals surface area (Å²) in [5.41, 5.74) is 0. The lowest BCUT2D eigenvalue weighted by Crippen LogP contribution is -2.47. The van der Waals surface area contributed by atoms with E-state index in [2.05, 4.69) is 24.2 Å². The monoisotopic (exact) mass is 283 g/mol. The van der Waals surface area contributed by atoms with Gasteiger partial charge in [0, 0.05) is 25.7 Å². The van der Waals surface area contributed by atoms with Crippen molar-refractivity contribution in [2.75, 3.05) is 46.9 Å². The van der Waals surface area contributed by atoms with Crippen molar-refractivity contribution in [2.24, 2.45) is 5.92 Å². The quantitative estimate of drug-likeness (QED) is 0.773. The average Bonchev–Trinajstić information content (AvgIpc) is 3.05. The minimum absolute atomic E-state index is 0.0155. The molecular weight excluding hydrogens is 254 g/mol. The predicted octanol–water partition coefficient (Wildman–Crippen LogP) is 0.554. The fraction of sp³-hybridized carbons (Fsp3) is 0.933. The molecule has 0 bridgehead atoms. The van der Waals surface area contributed by atoms with Crippen molar-refractivity contribution in [3.05, 3.63) is 0 Å². The van der Waals surface area contributed by atoms with E-state index in [1.165, 1.54) is 12.8 Å². The number of amides is 1. The molecule has 2 fully saturated rings. The van der Waals surface area contributed by atoms with E-state index in [4.69, 9.17) is 4.74 Å². The summed E-state index contributed by atoms with van der Waals surface area (Å²) in [5.74, 6) is 0.217. The first-order valence-corrected chi connectivity index (χ1v) is 7.89. The van der Waals surface area contributed by atoms with Crippen LogP contribution in [0, 0.1) is 5.92 Å². The summed E-state index contributed by atoms with van der Waals surface area (Å²) >= 11 is 0. The number of rotatable bonds is 6. The Balaban J connectivity index is 1.85. The molecule has 0 radical (unpaired) electrons. The molecule has 1 N–H and O–H groups in total. The number of nitrogens with zero attached hydrogens (tertiary/aromatic N) is 2. The highest BCUT2D eigenvalue weighted by Gasteiger charge is 2.36. The predicted molar refractivity (Wildman–Crippen MR) is 79.7 cm³/mol. The molecule has 0 aliphatic carbocycles. The molecular formula is C15H29N3O2. The first-order chi connectivity index (χ1) is 9.63. The largest absolute Gasteiger partial charge is 0.379 e.